The van der Waals surface area contributed by atoms with Gasteiger partial charge in [0.1, 0.15) is 0 Å². The van der Waals surface area contributed by atoms with Gasteiger partial charge < -0.3 is 4.74 Å². The van der Waals surface area contributed by atoms with E-state index in [0.717, 1.165) is 12.8 Å². The Hall–Kier alpha value is -1.34. The lowest BCUT2D eigenvalue weighted by molar-refractivity contribution is 0.320. The van der Waals surface area contributed by atoms with Crippen LogP contribution in [0.2, 0.25) is 0 Å². The molecule has 0 saturated carbocycles. The minimum atomic E-state index is 0.132. The van der Waals surface area contributed by atoms with E-state index in [9.17, 15) is 0 Å². The van der Waals surface area contributed by atoms with Crippen molar-refractivity contribution < 1.29 is 4.74 Å². The second-order valence-corrected chi connectivity index (χ2v) is 10.5. The Bertz CT molecular complexity index is 696. The topological polar surface area (TPSA) is 12.5 Å². The van der Waals surface area contributed by atoms with Gasteiger partial charge in [0.05, 0.1) is 11.7 Å². The molecular weight excluding hydrogens is 388 g/mol. The van der Waals surface area contributed by atoms with Crippen LogP contribution in [0.4, 0.5) is 0 Å². The van der Waals surface area contributed by atoms with Crippen LogP contribution in [0.15, 0.2) is 58.2 Å². The molecule has 1 heterocycles. The van der Waals surface area contributed by atoms with Crippen LogP contribution in [0.3, 0.4) is 0 Å². The van der Waals surface area contributed by atoms with Gasteiger partial charge in [-0.3, -0.25) is 0 Å². The summed E-state index contributed by atoms with van der Waals surface area (Å²) >= 11 is 0. The van der Waals surface area contributed by atoms with Crippen LogP contribution in [-0.2, 0) is 4.74 Å². The maximum atomic E-state index is 5.68. The molecule has 1 saturated heterocycles. The van der Waals surface area contributed by atoms with E-state index >= 15 is 0 Å². The molecule has 0 aliphatic carbocycles. The van der Waals surface area contributed by atoms with Crippen LogP contribution in [0.5, 0.6) is 0 Å². The minimum Gasteiger partial charge on any atom is -0.367 e. The molecule has 0 aromatic carbocycles. The van der Waals surface area contributed by atoms with Crippen molar-refractivity contribution in [1.29, 1.82) is 0 Å². The van der Waals surface area contributed by atoms with Gasteiger partial charge in [0.15, 0.2) is 0 Å². The molecule has 0 bridgehead atoms. The van der Waals surface area contributed by atoms with E-state index in [-0.39, 0.29) is 5.60 Å². The largest absolute Gasteiger partial charge is 0.367 e. The molecule has 1 aliphatic rings. The zero-order valence-corrected chi connectivity index (χ0v) is 22.7. The molecule has 1 fully saturated rings. The third-order valence-corrected chi connectivity index (χ3v) is 6.77. The molecule has 0 aromatic rings. The van der Waals surface area contributed by atoms with E-state index in [1.807, 2.05) is 0 Å². The molecule has 1 nitrogen and oxygen atoms in total. The summed E-state index contributed by atoms with van der Waals surface area (Å²) in [6.45, 7) is 18.0. The Kier molecular flexibility index (Phi) is 13.9. The summed E-state index contributed by atoms with van der Waals surface area (Å²) in [4.78, 5) is 0. The highest BCUT2D eigenvalue weighted by Crippen LogP contribution is 2.38. The van der Waals surface area contributed by atoms with Crippen LogP contribution < -0.4 is 0 Å². The molecule has 182 valence electrons. The fourth-order valence-corrected chi connectivity index (χ4v) is 3.95. The summed E-state index contributed by atoms with van der Waals surface area (Å²) in [7, 11) is 0. The second kappa shape index (κ2) is 15.5. The van der Waals surface area contributed by atoms with Gasteiger partial charge in [-0.15, -0.1) is 0 Å². The summed E-state index contributed by atoms with van der Waals surface area (Å²) in [6, 6.07) is 0. The third kappa shape index (κ3) is 13.9. The average Bonchev–Trinajstić information content (AvgIpc) is 3.36. The van der Waals surface area contributed by atoms with E-state index in [0.29, 0.717) is 6.10 Å². The first-order chi connectivity index (χ1) is 15.1. The Labute approximate surface area is 200 Å². The van der Waals surface area contributed by atoms with Crippen molar-refractivity contribution in [1.82, 2.24) is 0 Å². The predicted molar refractivity (Wildman–Crippen MR) is 144 cm³/mol. The highest BCUT2D eigenvalue weighted by Gasteiger charge is 2.46. The first-order valence-electron chi connectivity index (χ1n) is 13.1. The SMILES string of the molecule is CC/C(C)=C\CC/C(C)=C/CC/C(C)=C/CC/C=C(\C)CC/C=C(\C)CCC1OC1(C)C. The van der Waals surface area contributed by atoms with Gasteiger partial charge in [-0.25, -0.2) is 0 Å². The quantitative estimate of drug-likeness (QED) is 0.132. The number of rotatable bonds is 16. The zero-order chi connectivity index (χ0) is 24.0. The Morgan fingerprint density at radius 1 is 0.594 bits per heavy atom. The van der Waals surface area contributed by atoms with E-state index in [2.05, 4.69) is 85.8 Å². The Balaban J connectivity index is 2.16. The van der Waals surface area contributed by atoms with Crippen molar-refractivity contribution >= 4 is 0 Å². The number of hydrogen-bond donors (Lipinski definition) is 0. The van der Waals surface area contributed by atoms with E-state index in [1.165, 1.54) is 85.7 Å². The van der Waals surface area contributed by atoms with Gasteiger partial charge in [-0.05, 0) is 119 Å². The maximum Gasteiger partial charge on any atom is 0.0892 e. The standard InChI is InChI=1S/C31H52O/c1-9-25(2)17-12-18-28(5)21-13-19-26(3)15-10-11-16-27(4)20-14-22-29(6)23-24-30-31(7,8)32-30/h15-17,21-22,30H,9-14,18-20,23-24H2,1-8H3/b25-17-,26-15+,27-16+,28-21+,29-22+. The summed E-state index contributed by atoms with van der Waals surface area (Å²) in [5, 5.41) is 0. The fraction of sp³-hybridized carbons (Fsp3) is 0.677. The van der Waals surface area contributed by atoms with Crippen molar-refractivity contribution in [2.45, 2.75) is 138 Å². The summed E-state index contributed by atoms with van der Waals surface area (Å²) in [5.41, 5.74) is 7.74. The molecule has 1 rings (SSSR count). The number of allylic oxidation sites excluding steroid dienone is 10. The number of unbranched alkanes of at least 4 members (excludes halogenated alkanes) is 1. The number of epoxide rings is 1. The smallest absolute Gasteiger partial charge is 0.0892 e. The first-order valence-corrected chi connectivity index (χ1v) is 13.1. The highest BCUT2D eigenvalue weighted by molar-refractivity contribution is 5.08. The summed E-state index contributed by atoms with van der Waals surface area (Å²) in [6.07, 6.45) is 25.5. The summed E-state index contributed by atoms with van der Waals surface area (Å²) in [5.74, 6) is 0. The van der Waals surface area contributed by atoms with Crippen LogP contribution >= 0.6 is 0 Å². The van der Waals surface area contributed by atoms with Gasteiger partial charge in [0.25, 0.3) is 0 Å². The lowest BCUT2D eigenvalue weighted by Gasteiger charge is -2.03. The van der Waals surface area contributed by atoms with Crippen LogP contribution in [0.25, 0.3) is 0 Å². The molecular formula is C31H52O. The van der Waals surface area contributed by atoms with E-state index in [1.54, 1.807) is 0 Å². The predicted octanol–water partition coefficient (Wildman–Crippen LogP) is 10.2. The van der Waals surface area contributed by atoms with Crippen molar-refractivity contribution in [3.05, 3.63) is 58.2 Å². The first kappa shape index (κ1) is 28.7. The van der Waals surface area contributed by atoms with Crippen molar-refractivity contribution in [2.24, 2.45) is 0 Å². The van der Waals surface area contributed by atoms with E-state index < -0.39 is 0 Å². The monoisotopic (exact) mass is 440 g/mol. The molecule has 0 aromatic heterocycles. The molecule has 1 aliphatic heterocycles. The Morgan fingerprint density at radius 3 is 1.31 bits per heavy atom. The molecule has 1 heteroatoms. The lowest BCUT2D eigenvalue weighted by atomic mass is 10.0. The van der Waals surface area contributed by atoms with Gasteiger partial charge >= 0.3 is 0 Å². The normalized spacial score (nSPS) is 20.1. The van der Waals surface area contributed by atoms with Crippen molar-refractivity contribution in [3.8, 4) is 0 Å². The van der Waals surface area contributed by atoms with Crippen molar-refractivity contribution in [3.63, 3.8) is 0 Å². The minimum absolute atomic E-state index is 0.132. The van der Waals surface area contributed by atoms with Crippen LogP contribution in [-0.4, -0.2) is 11.7 Å². The Morgan fingerprint density at radius 2 is 0.938 bits per heavy atom. The highest BCUT2D eigenvalue weighted by atomic mass is 16.6. The van der Waals surface area contributed by atoms with Gasteiger partial charge in [0, 0.05) is 0 Å². The van der Waals surface area contributed by atoms with Crippen molar-refractivity contribution in [2.75, 3.05) is 0 Å². The number of hydrogen-bond acceptors (Lipinski definition) is 1. The lowest BCUT2D eigenvalue weighted by Crippen LogP contribution is -2.02. The second-order valence-electron chi connectivity index (χ2n) is 10.5. The third-order valence-electron chi connectivity index (χ3n) is 6.77. The van der Waals surface area contributed by atoms with Gasteiger partial charge in [-0.1, -0.05) is 65.2 Å². The number of ether oxygens (including phenoxy) is 1. The maximum absolute atomic E-state index is 5.68. The fourth-order valence-electron chi connectivity index (χ4n) is 3.95. The molecule has 32 heavy (non-hydrogen) atoms. The average molecular weight is 441 g/mol. The molecule has 1 atom stereocenters. The van der Waals surface area contributed by atoms with E-state index in [4.69, 9.17) is 4.74 Å². The zero-order valence-electron chi connectivity index (χ0n) is 22.7. The molecule has 0 spiro atoms. The van der Waals surface area contributed by atoms with Crippen LogP contribution in [0, 0.1) is 0 Å². The van der Waals surface area contributed by atoms with Crippen LogP contribution in [0.1, 0.15) is 126 Å². The molecule has 1 unspecified atom stereocenters. The molecule has 0 amide bonds. The van der Waals surface area contributed by atoms with Gasteiger partial charge in [0.2, 0.25) is 0 Å². The summed E-state index contributed by atoms with van der Waals surface area (Å²) < 4.78 is 5.68. The molecule has 0 N–H and O–H groups in total. The van der Waals surface area contributed by atoms with Gasteiger partial charge in [-0.2, -0.15) is 0 Å². The molecule has 0 radical (unpaired) electrons.